The van der Waals surface area contributed by atoms with Crippen LogP contribution in [0.5, 0.6) is 0 Å². The van der Waals surface area contributed by atoms with Gasteiger partial charge < -0.3 is 4.74 Å². The minimum Gasteiger partial charge on any atom is -0.458 e. The lowest BCUT2D eigenvalue weighted by Gasteiger charge is -2.37. The molecule has 18 heavy (non-hydrogen) atoms. The maximum atomic E-state index is 12.1. The van der Waals surface area contributed by atoms with E-state index in [0.717, 1.165) is 43.9 Å². The average Bonchev–Trinajstić information content (AvgIpc) is 2.41. The van der Waals surface area contributed by atoms with E-state index in [0.29, 0.717) is 6.54 Å². The first kappa shape index (κ1) is 14.2. The molecule has 1 aliphatic heterocycles. The summed E-state index contributed by atoms with van der Waals surface area (Å²) in [6.07, 6.45) is 6.80. The summed E-state index contributed by atoms with van der Waals surface area (Å²) in [7, 11) is 0. The highest BCUT2D eigenvalue weighted by atomic mass is 32.2. The SMILES string of the molecule is CCC1(OC(=O)CN2CCSCC2)CCCCC1. The Bertz CT molecular complexity index is 271. The normalized spacial score (nSPS) is 24.7. The Morgan fingerprint density at radius 2 is 1.89 bits per heavy atom. The molecule has 0 spiro atoms. The first-order chi connectivity index (χ1) is 8.74. The molecule has 1 aliphatic carbocycles. The van der Waals surface area contributed by atoms with Crippen molar-refractivity contribution < 1.29 is 9.53 Å². The summed E-state index contributed by atoms with van der Waals surface area (Å²) in [5, 5.41) is 0. The number of hydrogen-bond donors (Lipinski definition) is 0. The molecular formula is C14H25NO2S. The molecule has 0 radical (unpaired) electrons. The fraction of sp³-hybridized carbons (Fsp3) is 0.929. The van der Waals surface area contributed by atoms with Crippen molar-refractivity contribution in [2.24, 2.45) is 0 Å². The van der Waals surface area contributed by atoms with Gasteiger partial charge in [-0.15, -0.1) is 0 Å². The zero-order chi connectivity index (χ0) is 12.8. The molecule has 0 aromatic rings. The molecule has 2 rings (SSSR count). The number of thioether (sulfide) groups is 1. The highest BCUT2D eigenvalue weighted by molar-refractivity contribution is 7.99. The minimum absolute atomic E-state index is 0.00866. The zero-order valence-corrected chi connectivity index (χ0v) is 12.3. The van der Waals surface area contributed by atoms with Crippen molar-refractivity contribution in [1.29, 1.82) is 0 Å². The van der Waals surface area contributed by atoms with Crippen molar-refractivity contribution in [3.63, 3.8) is 0 Å². The first-order valence-corrected chi connectivity index (χ1v) is 8.41. The molecule has 0 amide bonds. The van der Waals surface area contributed by atoms with Crippen LogP contribution in [0.1, 0.15) is 45.4 Å². The molecular weight excluding hydrogens is 246 g/mol. The van der Waals surface area contributed by atoms with Crippen LogP contribution in [0, 0.1) is 0 Å². The van der Waals surface area contributed by atoms with E-state index in [4.69, 9.17) is 4.74 Å². The van der Waals surface area contributed by atoms with Crippen molar-refractivity contribution >= 4 is 17.7 Å². The fourth-order valence-electron chi connectivity index (χ4n) is 2.94. The molecule has 2 fully saturated rings. The van der Waals surface area contributed by atoms with Gasteiger partial charge in [-0.2, -0.15) is 11.8 Å². The Kier molecular flexibility index (Phi) is 5.37. The third-order valence-corrected chi connectivity index (χ3v) is 5.14. The van der Waals surface area contributed by atoms with Crippen LogP contribution in [-0.2, 0) is 9.53 Å². The van der Waals surface area contributed by atoms with E-state index in [1.165, 1.54) is 19.3 Å². The molecule has 0 aromatic heterocycles. The van der Waals surface area contributed by atoms with Crippen molar-refractivity contribution in [3.05, 3.63) is 0 Å². The molecule has 3 nitrogen and oxygen atoms in total. The average molecular weight is 271 g/mol. The highest BCUT2D eigenvalue weighted by Crippen LogP contribution is 2.34. The molecule has 4 heteroatoms. The van der Waals surface area contributed by atoms with Gasteiger partial charge >= 0.3 is 5.97 Å². The van der Waals surface area contributed by atoms with Crippen LogP contribution < -0.4 is 0 Å². The largest absolute Gasteiger partial charge is 0.458 e. The van der Waals surface area contributed by atoms with Crippen molar-refractivity contribution in [3.8, 4) is 0 Å². The maximum Gasteiger partial charge on any atom is 0.320 e. The second kappa shape index (κ2) is 6.80. The van der Waals surface area contributed by atoms with E-state index >= 15 is 0 Å². The lowest BCUT2D eigenvalue weighted by molar-refractivity contribution is -0.165. The van der Waals surface area contributed by atoms with Crippen molar-refractivity contribution in [2.75, 3.05) is 31.1 Å². The Labute approximate surface area is 115 Å². The van der Waals surface area contributed by atoms with Gasteiger partial charge in [0.1, 0.15) is 5.60 Å². The standard InChI is InChI=1S/C14H25NO2S/c1-2-14(6-4-3-5-7-14)17-13(16)12-15-8-10-18-11-9-15/h2-12H2,1H3. The van der Waals surface area contributed by atoms with Gasteiger partial charge in [0.2, 0.25) is 0 Å². The Hall–Kier alpha value is -0.220. The van der Waals surface area contributed by atoms with Crippen LogP contribution in [-0.4, -0.2) is 47.6 Å². The van der Waals surface area contributed by atoms with Gasteiger partial charge in [0.25, 0.3) is 0 Å². The van der Waals surface area contributed by atoms with E-state index < -0.39 is 0 Å². The highest BCUT2D eigenvalue weighted by Gasteiger charge is 2.34. The molecule has 0 unspecified atom stereocenters. The maximum absolute atomic E-state index is 12.1. The Balaban J connectivity index is 1.81. The van der Waals surface area contributed by atoms with Crippen LogP contribution in [0.15, 0.2) is 0 Å². The molecule has 2 aliphatic rings. The second-order valence-corrected chi connectivity index (χ2v) is 6.68. The molecule has 104 valence electrons. The summed E-state index contributed by atoms with van der Waals surface area (Å²) in [5.41, 5.74) is -0.139. The monoisotopic (exact) mass is 271 g/mol. The molecule has 0 N–H and O–H groups in total. The molecule has 1 saturated carbocycles. The smallest absolute Gasteiger partial charge is 0.320 e. The Morgan fingerprint density at radius 1 is 1.22 bits per heavy atom. The number of nitrogens with zero attached hydrogens (tertiary/aromatic N) is 1. The van der Waals surface area contributed by atoms with Gasteiger partial charge in [-0.3, -0.25) is 9.69 Å². The summed E-state index contributed by atoms with van der Waals surface area (Å²) in [5.74, 6) is 2.28. The predicted octanol–water partition coefficient (Wildman–Crippen LogP) is 2.69. The van der Waals surface area contributed by atoms with Crippen molar-refractivity contribution in [1.82, 2.24) is 4.90 Å². The first-order valence-electron chi connectivity index (χ1n) is 7.26. The summed E-state index contributed by atoms with van der Waals surface area (Å²) in [6, 6.07) is 0. The Morgan fingerprint density at radius 3 is 2.50 bits per heavy atom. The number of hydrogen-bond acceptors (Lipinski definition) is 4. The van der Waals surface area contributed by atoms with Gasteiger partial charge in [-0.25, -0.2) is 0 Å². The molecule has 0 bridgehead atoms. The number of rotatable bonds is 4. The van der Waals surface area contributed by atoms with Crippen LogP contribution in [0.3, 0.4) is 0 Å². The summed E-state index contributed by atoms with van der Waals surface area (Å²) < 4.78 is 5.84. The number of carbonyl (C=O) groups excluding carboxylic acids is 1. The fourth-order valence-corrected chi connectivity index (χ4v) is 3.92. The summed E-state index contributed by atoms with van der Waals surface area (Å²) in [4.78, 5) is 14.3. The summed E-state index contributed by atoms with van der Waals surface area (Å²) in [6.45, 7) is 4.69. The lowest BCUT2D eigenvalue weighted by Crippen LogP contribution is -2.42. The second-order valence-electron chi connectivity index (χ2n) is 5.46. The van der Waals surface area contributed by atoms with Gasteiger partial charge in [0.15, 0.2) is 0 Å². The van der Waals surface area contributed by atoms with Crippen LogP contribution in [0.2, 0.25) is 0 Å². The number of carbonyl (C=O) groups is 1. The quantitative estimate of drug-likeness (QED) is 0.735. The van der Waals surface area contributed by atoms with E-state index in [9.17, 15) is 4.79 Å². The number of ether oxygens (including phenoxy) is 1. The molecule has 1 heterocycles. The van der Waals surface area contributed by atoms with Gasteiger partial charge in [-0.05, 0) is 32.1 Å². The zero-order valence-electron chi connectivity index (χ0n) is 11.5. The van der Waals surface area contributed by atoms with E-state index in [1.807, 2.05) is 11.8 Å². The van der Waals surface area contributed by atoms with Crippen LogP contribution in [0.25, 0.3) is 0 Å². The molecule has 0 atom stereocenters. The van der Waals surface area contributed by atoms with Crippen LogP contribution >= 0.6 is 11.8 Å². The van der Waals surface area contributed by atoms with Gasteiger partial charge in [-0.1, -0.05) is 13.3 Å². The number of esters is 1. The lowest BCUT2D eigenvalue weighted by atomic mass is 9.83. The topological polar surface area (TPSA) is 29.5 Å². The summed E-state index contributed by atoms with van der Waals surface area (Å²) >= 11 is 1.97. The van der Waals surface area contributed by atoms with E-state index in [1.54, 1.807) is 0 Å². The molecule has 0 aromatic carbocycles. The molecule has 1 saturated heterocycles. The van der Waals surface area contributed by atoms with E-state index in [-0.39, 0.29) is 11.6 Å². The van der Waals surface area contributed by atoms with Gasteiger partial charge in [0, 0.05) is 24.6 Å². The third-order valence-electron chi connectivity index (χ3n) is 4.20. The minimum atomic E-state index is -0.139. The van der Waals surface area contributed by atoms with Crippen molar-refractivity contribution in [2.45, 2.75) is 51.0 Å². The van der Waals surface area contributed by atoms with E-state index in [2.05, 4.69) is 11.8 Å². The predicted molar refractivity (Wildman–Crippen MR) is 76.0 cm³/mol. The van der Waals surface area contributed by atoms with Gasteiger partial charge in [0.05, 0.1) is 6.54 Å². The third kappa shape index (κ3) is 3.89. The van der Waals surface area contributed by atoms with Crippen LogP contribution in [0.4, 0.5) is 0 Å².